The predicted molar refractivity (Wildman–Crippen MR) is 88.1 cm³/mol. The van der Waals surface area contributed by atoms with Crippen molar-refractivity contribution in [3.8, 4) is 0 Å². The Labute approximate surface area is 138 Å². The van der Waals surface area contributed by atoms with E-state index in [4.69, 9.17) is 0 Å². The van der Waals surface area contributed by atoms with Gasteiger partial charge in [0.15, 0.2) is 11.6 Å². The number of benzene rings is 1. The van der Waals surface area contributed by atoms with Gasteiger partial charge in [-0.05, 0) is 12.1 Å². The van der Waals surface area contributed by atoms with Gasteiger partial charge in [0.2, 0.25) is 0 Å². The third-order valence-electron chi connectivity index (χ3n) is 4.52. The maximum absolute atomic E-state index is 13.7. The Kier molecular flexibility index (Phi) is 3.98. The highest BCUT2D eigenvalue weighted by molar-refractivity contribution is 7.99. The predicted octanol–water partition coefficient (Wildman–Crippen LogP) is 2.00. The molecular weight excluding hydrogens is 318 g/mol. The van der Waals surface area contributed by atoms with Gasteiger partial charge >= 0.3 is 0 Å². The average molecular weight is 336 g/mol. The molecule has 4 nitrogen and oxygen atoms in total. The topological polar surface area (TPSA) is 30.9 Å². The summed E-state index contributed by atoms with van der Waals surface area (Å²) in [6, 6.07) is 4.80. The fourth-order valence-corrected chi connectivity index (χ4v) is 4.39. The van der Waals surface area contributed by atoms with E-state index in [1.54, 1.807) is 6.07 Å². The Balaban J connectivity index is 1.46. The van der Waals surface area contributed by atoms with Crippen LogP contribution in [0, 0.1) is 11.6 Å². The second kappa shape index (κ2) is 6.13. The molecule has 2 fully saturated rings. The van der Waals surface area contributed by atoms with Crippen molar-refractivity contribution >= 4 is 18.1 Å². The van der Waals surface area contributed by atoms with Crippen LogP contribution in [0.25, 0.3) is 0 Å². The zero-order valence-electron chi connectivity index (χ0n) is 12.6. The van der Waals surface area contributed by atoms with Crippen molar-refractivity contribution in [3.63, 3.8) is 0 Å². The largest absolute Gasteiger partial charge is 0.366 e. The van der Waals surface area contributed by atoms with E-state index < -0.39 is 11.6 Å². The molecule has 1 N–H and O–H groups in total. The molecule has 4 rings (SSSR count). The summed E-state index contributed by atoms with van der Waals surface area (Å²) in [5, 5.41) is 3.11. The molecular formula is C16H18F2N4S. The summed E-state index contributed by atoms with van der Waals surface area (Å²) < 4.78 is 26.9. The molecule has 0 aliphatic carbocycles. The molecule has 2 unspecified atom stereocenters. The Morgan fingerprint density at radius 2 is 2.26 bits per heavy atom. The van der Waals surface area contributed by atoms with Crippen LogP contribution in [0.1, 0.15) is 5.56 Å². The molecule has 3 heterocycles. The van der Waals surface area contributed by atoms with E-state index in [2.05, 4.69) is 26.2 Å². The van der Waals surface area contributed by atoms with Crippen molar-refractivity contribution in [3.05, 3.63) is 47.3 Å². The average Bonchev–Trinajstić information content (AvgIpc) is 2.94. The van der Waals surface area contributed by atoms with E-state index in [0.29, 0.717) is 17.4 Å². The van der Waals surface area contributed by atoms with E-state index in [0.717, 1.165) is 30.7 Å². The van der Waals surface area contributed by atoms with Crippen molar-refractivity contribution in [2.24, 2.45) is 4.99 Å². The second-order valence-corrected chi connectivity index (χ2v) is 7.09. The maximum atomic E-state index is 13.7. The Hall–Kier alpha value is -1.60. The highest BCUT2D eigenvalue weighted by Crippen LogP contribution is 2.29. The molecule has 0 amide bonds. The van der Waals surface area contributed by atoms with Crippen LogP contribution in [0.5, 0.6) is 0 Å². The van der Waals surface area contributed by atoms with Crippen LogP contribution >= 0.6 is 11.8 Å². The van der Waals surface area contributed by atoms with Gasteiger partial charge in [-0.2, -0.15) is 11.8 Å². The van der Waals surface area contributed by atoms with Crippen molar-refractivity contribution in [1.29, 1.82) is 0 Å². The smallest absolute Gasteiger partial charge is 0.163 e. The minimum absolute atomic E-state index is 0.221. The minimum atomic E-state index is -0.818. The Morgan fingerprint density at radius 1 is 1.35 bits per heavy atom. The maximum Gasteiger partial charge on any atom is 0.163 e. The number of thioether (sulfide) groups is 1. The number of aliphatic imine (C=N–C) groups is 1. The van der Waals surface area contributed by atoms with Crippen LogP contribution in [-0.4, -0.2) is 52.9 Å². The lowest BCUT2D eigenvalue weighted by Gasteiger charge is -2.33. The van der Waals surface area contributed by atoms with Gasteiger partial charge in [0, 0.05) is 42.7 Å². The molecule has 122 valence electrons. The van der Waals surface area contributed by atoms with Gasteiger partial charge in [0.05, 0.1) is 6.34 Å². The van der Waals surface area contributed by atoms with Gasteiger partial charge in [-0.3, -0.25) is 4.90 Å². The molecule has 0 spiro atoms. The fourth-order valence-electron chi connectivity index (χ4n) is 3.32. The first-order valence-electron chi connectivity index (χ1n) is 7.74. The molecule has 23 heavy (non-hydrogen) atoms. The summed E-state index contributed by atoms with van der Waals surface area (Å²) >= 11 is 2.00. The van der Waals surface area contributed by atoms with Crippen LogP contribution in [0.2, 0.25) is 0 Å². The molecule has 0 radical (unpaired) electrons. The highest BCUT2D eigenvalue weighted by atomic mass is 32.2. The minimum Gasteiger partial charge on any atom is -0.366 e. The third kappa shape index (κ3) is 2.83. The number of fused-ring (bicyclic) bond motifs is 3. The second-order valence-electron chi connectivity index (χ2n) is 5.94. The molecule has 3 aliphatic rings. The van der Waals surface area contributed by atoms with Crippen LogP contribution < -0.4 is 5.32 Å². The van der Waals surface area contributed by atoms with E-state index in [9.17, 15) is 8.78 Å². The number of hydrogen-bond acceptors (Lipinski definition) is 5. The van der Waals surface area contributed by atoms with Crippen LogP contribution in [0.15, 0.2) is 35.1 Å². The number of halogens is 2. The van der Waals surface area contributed by atoms with Crippen molar-refractivity contribution in [1.82, 2.24) is 15.1 Å². The molecule has 7 heteroatoms. The molecule has 1 aromatic rings. The standard InChI is InChI=1S/C16H18F2N4S/c17-13-3-1-2-11(16(13)18)7-19-14-6-15-21(10-20-14)8-12-9-23-5-4-22(12)15/h1-3,6,10,12,15,19H,4-5,7-9H2. The van der Waals surface area contributed by atoms with Crippen LogP contribution in [-0.2, 0) is 6.54 Å². The Bertz CT molecular complexity index is 663. The van der Waals surface area contributed by atoms with Gasteiger partial charge < -0.3 is 10.2 Å². The lowest BCUT2D eigenvalue weighted by atomic mass is 10.2. The van der Waals surface area contributed by atoms with E-state index >= 15 is 0 Å². The quantitative estimate of drug-likeness (QED) is 0.915. The monoisotopic (exact) mass is 336 g/mol. The summed E-state index contributed by atoms with van der Waals surface area (Å²) in [6.45, 7) is 2.30. The normalized spacial score (nSPS) is 26.7. The first-order valence-corrected chi connectivity index (χ1v) is 8.90. The van der Waals surface area contributed by atoms with E-state index in [-0.39, 0.29) is 12.7 Å². The fraction of sp³-hybridized carbons (Fsp3) is 0.438. The zero-order chi connectivity index (χ0) is 15.8. The molecule has 3 aliphatic heterocycles. The summed E-state index contributed by atoms with van der Waals surface area (Å²) in [7, 11) is 0. The number of nitrogens with zero attached hydrogens (tertiary/aromatic N) is 3. The van der Waals surface area contributed by atoms with E-state index in [1.807, 2.05) is 18.1 Å². The van der Waals surface area contributed by atoms with Crippen molar-refractivity contribution < 1.29 is 8.78 Å². The summed E-state index contributed by atoms with van der Waals surface area (Å²) in [5.41, 5.74) is 0.308. The SMILES string of the molecule is Fc1cccc(CNC2=CC3N(C=N2)CC2CSCCN23)c1F. The van der Waals surface area contributed by atoms with Gasteiger partial charge in [0.25, 0.3) is 0 Å². The first-order chi connectivity index (χ1) is 11.2. The Morgan fingerprint density at radius 3 is 3.17 bits per heavy atom. The first kappa shape index (κ1) is 15.0. The summed E-state index contributed by atoms with van der Waals surface area (Å²) in [6.07, 6.45) is 4.16. The molecule has 2 saturated heterocycles. The van der Waals surface area contributed by atoms with Gasteiger partial charge in [0.1, 0.15) is 12.0 Å². The number of nitrogens with one attached hydrogen (secondary N) is 1. The van der Waals surface area contributed by atoms with E-state index in [1.165, 1.54) is 6.07 Å². The number of rotatable bonds is 3. The molecule has 0 bridgehead atoms. The van der Waals surface area contributed by atoms with Gasteiger partial charge in [-0.25, -0.2) is 13.8 Å². The summed E-state index contributed by atoms with van der Waals surface area (Å²) in [4.78, 5) is 9.13. The third-order valence-corrected chi connectivity index (χ3v) is 5.61. The lowest BCUT2D eigenvalue weighted by molar-refractivity contribution is 0.209. The van der Waals surface area contributed by atoms with Crippen LogP contribution in [0.4, 0.5) is 8.78 Å². The summed E-state index contributed by atoms with van der Waals surface area (Å²) in [5.74, 6) is 1.42. The van der Waals surface area contributed by atoms with Crippen LogP contribution in [0.3, 0.4) is 0 Å². The number of hydrogen-bond donors (Lipinski definition) is 1. The molecule has 2 atom stereocenters. The molecule has 1 aromatic carbocycles. The highest BCUT2D eigenvalue weighted by Gasteiger charge is 2.39. The zero-order valence-corrected chi connectivity index (χ0v) is 13.4. The van der Waals surface area contributed by atoms with Crippen molar-refractivity contribution in [2.75, 3.05) is 24.6 Å². The van der Waals surface area contributed by atoms with Gasteiger partial charge in [-0.1, -0.05) is 12.1 Å². The molecule has 0 saturated carbocycles. The molecule has 0 aromatic heterocycles. The van der Waals surface area contributed by atoms with Gasteiger partial charge in [-0.15, -0.1) is 0 Å². The van der Waals surface area contributed by atoms with Crippen molar-refractivity contribution in [2.45, 2.75) is 18.8 Å². The lowest BCUT2D eigenvalue weighted by Crippen LogP contribution is -2.44.